The Kier molecular flexibility index (Phi) is 6.14. The summed E-state index contributed by atoms with van der Waals surface area (Å²) in [6, 6.07) is 9.70. The average Bonchev–Trinajstić information content (AvgIpc) is 3.62. The van der Waals surface area contributed by atoms with Crippen LogP contribution in [-0.4, -0.2) is 42.4 Å². The molecule has 0 fully saturated rings. The Morgan fingerprint density at radius 3 is 2.75 bits per heavy atom. The number of carboxylic acid groups (broad SMARTS) is 1. The molecule has 6 rings (SSSR count). The summed E-state index contributed by atoms with van der Waals surface area (Å²) < 4.78 is 11.8. The first-order valence-corrected chi connectivity index (χ1v) is 12.8. The number of aromatic carboxylic acids is 1. The largest absolute Gasteiger partial charge is 0.478 e. The highest BCUT2D eigenvalue weighted by Crippen LogP contribution is 2.35. The van der Waals surface area contributed by atoms with Gasteiger partial charge < -0.3 is 24.7 Å². The van der Waals surface area contributed by atoms with Crippen LogP contribution in [-0.2, 0) is 13.0 Å². The van der Waals surface area contributed by atoms with Crippen molar-refractivity contribution in [2.75, 3.05) is 0 Å². The van der Waals surface area contributed by atoms with Crippen LogP contribution in [0.15, 0.2) is 45.3 Å². The molecule has 13 heteroatoms. The predicted molar refractivity (Wildman–Crippen MR) is 143 cm³/mol. The molecule has 40 heavy (non-hydrogen) atoms. The Morgan fingerprint density at radius 1 is 1.12 bits per heavy atom. The highest BCUT2D eigenvalue weighted by molar-refractivity contribution is 7.71. The van der Waals surface area contributed by atoms with Gasteiger partial charge in [0.1, 0.15) is 16.9 Å². The van der Waals surface area contributed by atoms with Crippen LogP contribution in [0.3, 0.4) is 0 Å². The minimum absolute atomic E-state index is 0.0314. The van der Waals surface area contributed by atoms with E-state index >= 15 is 0 Å². The van der Waals surface area contributed by atoms with E-state index in [1.807, 2.05) is 12.1 Å². The third kappa shape index (κ3) is 4.39. The van der Waals surface area contributed by atoms with E-state index in [2.05, 4.69) is 25.8 Å². The monoisotopic (exact) mass is 558 g/mol. The Morgan fingerprint density at radius 2 is 1.95 bits per heavy atom. The molecule has 2 amide bonds. The summed E-state index contributed by atoms with van der Waals surface area (Å²) in [5, 5.41) is 19.0. The quantitative estimate of drug-likeness (QED) is 0.261. The van der Waals surface area contributed by atoms with Gasteiger partial charge in [-0.05, 0) is 83.7 Å². The lowest BCUT2D eigenvalue weighted by molar-refractivity contribution is 0.0695. The number of carbonyl (C=O) groups excluding carboxylic acids is 2. The fourth-order valence-electron chi connectivity index (χ4n) is 5.10. The van der Waals surface area contributed by atoms with Crippen molar-refractivity contribution >= 4 is 46.9 Å². The van der Waals surface area contributed by atoms with Gasteiger partial charge in [-0.3, -0.25) is 9.59 Å². The third-order valence-corrected chi connectivity index (χ3v) is 7.29. The molecule has 2 aromatic carbocycles. The SMILES string of the molecule is Cc1nc2cc(CNC(=O)c3cc(C(=O)N[C@H]4CCc5c4ccc(C(=O)O)c5C)nc4noc(=S)n34)ccc2o1. The maximum atomic E-state index is 13.3. The van der Waals surface area contributed by atoms with E-state index in [1.165, 1.54) is 10.5 Å². The van der Waals surface area contributed by atoms with Crippen molar-refractivity contribution in [3.63, 3.8) is 0 Å². The Bertz CT molecular complexity index is 1920. The number of nitrogens with one attached hydrogen (secondary N) is 2. The zero-order valence-corrected chi connectivity index (χ0v) is 22.2. The van der Waals surface area contributed by atoms with Crippen LogP contribution in [0, 0.1) is 18.7 Å². The Labute approximate surface area is 231 Å². The number of hydrogen-bond donors (Lipinski definition) is 3. The fourth-order valence-corrected chi connectivity index (χ4v) is 5.32. The number of amides is 2. The van der Waals surface area contributed by atoms with Gasteiger partial charge in [0.15, 0.2) is 11.5 Å². The molecule has 0 unspecified atom stereocenters. The van der Waals surface area contributed by atoms with Crippen LogP contribution < -0.4 is 10.6 Å². The lowest BCUT2D eigenvalue weighted by atomic mass is 9.98. The molecule has 3 aromatic heterocycles. The second kappa shape index (κ2) is 9.68. The molecule has 1 atom stereocenters. The molecule has 5 aromatic rings. The molecule has 0 saturated heterocycles. The Balaban J connectivity index is 1.25. The van der Waals surface area contributed by atoms with Crippen molar-refractivity contribution in [3.05, 3.63) is 86.3 Å². The predicted octanol–water partition coefficient (Wildman–Crippen LogP) is 3.86. The number of aryl methyl sites for hydroxylation is 1. The molecule has 0 spiro atoms. The maximum absolute atomic E-state index is 13.3. The molecule has 0 bridgehead atoms. The van der Waals surface area contributed by atoms with Gasteiger partial charge in [-0.25, -0.2) is 19.2 Å². The summed E-state index contributed by atoms with van der Waals surface area (Å²) in [6.45, 7) is 3.71. The molecule has 3 N–H and O–H groups in total. The summed E-state index contributed by atoms with van der Waals surface area (Å²) in [5.74, 6) is -1.51. The molecular weight excluding hydrogens is 536 g/mol. The summed E-state index contributed by atoms with van der Waals surface area (Å²) in [5.41, 5.74) is 4.83. The molecular formula is C27H22N6O6S. The van der Waals surface area contributed by atoms with Gasteiger partial charge in [-0.2, -0.15) is 0 Å². The number of carbonyl (C=O) groups is 3. The maximum Gasteiger partial charge on any atom is 0.335 e. The lowest BCUT2D eigenvalue weighted by Gasteiger charge is -2.15. The van der Waals surface area contributed by atoms with Crippen molar-refractivity contribution in [2.45, 2.75) is 39.3 Å². The first-order valence-electron chi connectivity index (χ1n) is 12.4. The van der Waals surface area contributed by atoms with Crippen LogP contribution in [0.1, 0.15) is 71.9 Å². The number of fused-ring (bicyclic) bond motifs is 3. The zero-order chi connectivity index (χ0) is 28.1. The molecule has 0 aliphatic heterocycles. The molecule has 202 valence electrons. The van der Waals surface area contributed by atoms with Gasteiger partial charge in [0.05, 0.1) is 11.6 Å². The topological polar surface area (TPSA) is 165 Å². The van der Waals surface area contributed by atoms with E-state index < -0.39 is 17.8 Å². The van der Waals surface area contributed by atoms with Crippen molar-refractivity contribution in [2.24, 2.45) is 0 Å². The Hall–Kier alpha value is -4.91. The van der Waals surface area contributed by atoms with Crippen LogP contribution >= 0.6 is 12.2 Å². The van der Waals surface area contributed by atoms with E-state index in [9.17, 15) is 19.5 Å². The zero-order valence-electron chi connectivity index (χ0n) is 21.3. The average molecular weight is 559 g/mol. The van der Waals surface area contributed by atoms with E-state index in [0.29, 0.717) is 35.4 Å². The normalized spacial score (nSPS) is 14.4. The van der Waals surface area contributed by atoms with E-state index in [4.69, 9.17) is 21.2 Å². The molecule has 1 aliphatic carbocycles. The van der Waals surface area contributed by atoms with Gasteiger partial charge in [0, 0.05) is 13.5 Å². The number of oxazole rings is 1. The van der Waals surface area contributed by atoms with E-state index in [0.717, 1.165) is 16.7 Å². The molecule has 0 saturated carbocycles. The molecule has 12 nitrogen and oxygen atoms in total. The van der Waals surface area contributed by atoms with Gasteiger partial charge >= 0.3 is 10.8 Å². The number of hydrogen-bond acceptors (Lipinski definition) is 9. The number of benzene rings is 2. The van der Waals surface area contributed by atoms with Gasteiger partial charge in [0.2, 0.25) is 0 Å². The first-order chi connectivity index (χ1) is 19.2. The highest BCUT2D eigenvalue weighted by Gasteiger charge is 2.29. The number of rotatable bonds is 6. The van der Waals surface area contributed by atoms with Crippen molar-refractivity contribution in [1.29, 1.82) is 0 Å². The summed E-state index contributed by atoms with van der Waals surface area (Å²) in [7, 11) is 0. The van der Waals surface area contributed by atoms with Crippen molar-refractivity contribution in [3.8, 4) is 0 Å². The third-order valence-electron chi connectivity index (χ3n) is 7.03. The molecule has 3 heterocycles. The first kappa shape index (κ1) is 25.4. The summed E-state index contributed by atoms with van der Waals surface area (Å²) in [6.07, 6.45) is 1.23. The van der Waals surface area contributed by atoms with Crippen molar-refractivity contribution < 1.29 is 28.4 Å². The lowest BCUT2D eigenvalue weighted by Crippen LogP contribution is -2.30. The highest BCUT2D eigenvalue weighted by atomic mass is 32.1. The van der Waals surface area contributed by atoms with Crippen molar-refractivity contribution in [1.82, 2.24) is 30.2 Å². The molecule has 0 radical (unpaired) electrons. The minimum atomic E-state index is -0.990. The standard InChI is InChI=1S/C27H22N6O6S/c1-12-15-6-7-18(17(15)5-4-16(12)25(36)37)30-23(34)20-10-21(33-26(31-20)32-39-27(33)40)24(35)28-11-14-3-8-22-19(9-14)29-13(2)38-22/h3-5,8-10,18H,6-7,11H2,1-2H3,(H,28,35)(H,30,34)(H,36,37)/t18-/m0/s1. The number of aromatic nitrogens is 4. The van der Waals surface area contributed by atoms with Gasteiger partial charge in [0.25, 0.3) is 17.6 Å². The second-order valence-corrected chi connectivity index (χ2v) is 9.85. The minimum Gasteiger partial charge on any atom is -0.478 e. The van der Waals surface area contributed by atoms with E-state index in [1.54, 1.807) is 32.0 Å². The van der Waals surface area contributed by atoms with Crippen LogP contribution in [0.2, 0.25) is 0 Å². The fraction of sp³-hybridized carbons (Fsp3) is 0.222. The number of carboxylic acids is 1. The molecule has 1 aliphatic rings. The van der Waals surface area contributed by atoms with E-state index in [-0.39, 0.29) is 40.2 Å². The second-order valence-electron chi connectivity index (χ2n) is 9.50. The smallest absolute Gasteiger partial charge is 0.335 e. The van der Waals surface area contributed by atoms with Crippen LogP contribution in [0.4, 0.5) is 0 Å². The summed E-state index contributed by atoms with van der Waals surface area (Å²) >= 11 is 5.19. The van der Waals surface area contributed by atoms with Crippen LogP contribution in [0.25, 0.3) is 16.9 Å². The van der Waals surface area contributed by atoms with Crippen LogP contribution in [0.5, 0.6) is 0 Å². The number of nitrogens with zero attached hydrogens (tertiary/aromatic N) is 4. The van der Waals surface area contributed by atoms with Gasteiger partial charge in [-0.15, -0.1) is 0 Å². The summed E-state index contributed by atoms with van der Waals surface area (Å²) in [4.78, 5) is 46.5. The van der Waals surface area contributed by atoms with Gasteiger partial charge in [-0.1, -0.05) is 12.1 Å².